The van der Waals surface area contributed by atoms with Crippen molar-refractivity contribution in [2.24, 2.45) is 16.9 Å². The number of oxime groups is 1. The van der Waals surface area contributed by atoms with Gasteiger partial charge in [-0.15, -0.1) is 0 Å². The molecule has 1 fully saturated rings. The van der Waals surface area contributed by atoms with Gasteiger partial charge in [-0.25, -0.2) is 5.01 Å². The molecule has 11 heavy (non-hydrogen) atoms. The van der Waals surface area contributed by atoms with E-state index in [2.05, 4.69) is 12.1 Å². The van der Waals surface area contributed by atoms with Gasteiger partial charge in [0.2, 0.25) is 0 Å². The molecule has 1 rings (SSSR count). The highest BCUT2D eigenvalue weighted by molar-refractivity contribution is 5.87. The third kappa shape index (κ3) is 2.17. The number of hydrogen-bond donors (Lipinski definition) is 1. The van der Waals surface area contributed by atoms with Gasteiger partial charge in [-0.3, -0.25) is 5.84 Å². The predicted octanol–water partition coefficient (Wildman–Crippen LogP) is 0.204. The zero-order valence-corrected chi connectivity index (χ0v) is 7.08. The van der Waals surface area contributed by atoms with Gasteiger partial charge in [0.25, 0.3) is 0 Å². The molecule has 0 saturated carbocycles. The predicted molar refractivity (Wildman–Crippen MR) is 44.0 cm³/mol. The molecule has 1 aliphatic heterocycles. The van der Waals surface area contributed by atoms with E-state index in [4.69, 9.17) is 10.7 Å². The monoisotopic (exact) mass is 157 g/mol. The van der Waals surface area contributed by atoms with Crippen molar-refractivity contribution in [3.8, 4) is 0 Å². The van der Waals surface area contributed by atoms with Gasteiger partial charge in [0.1, 0.15) is 7.11 Å². The molecule has 4 heteroatoms. The van der Waals surface area contributed by atoms with E-state index in [1.165, 1.54) is 0 Å². The molecular weight excluding hydrogens is 142 g/mol. The number of piperidine rings is 1. The maximum Gasteiger partial charge on any atom is 0.106 e. The molecule has 0 radical (unpaired) electrons. The molecule has 64 valence electrons. The summed E-state index contributed by atoms with van der Waals surface area (Å²) < 4.78 is 0. The Morgan fingerprint density at radius 2 is 2.45 bits per heavy atom. The van der Waals surface area contributed by atoms with Gasteiger partial charge in [-0.2, -0.15) is 0 Å². The summed E-state index contributed by atoms with van der Waals surface area (Å²) >= 11 is 0. The van der Waals surface area contributed by atoms with E-state index in [1.54, 1.807) is 7.11 Å². The highest BCUT2D eigenvalue weighted by atomic mass is 16.6. The van der Waals surface area contributed by atoms with Crippen LogP contribution in [0.3, 0.4) is 0 Å². The Kier molecular flexibility index (Phi) is 2.84. The van der Waals surface area contributed by atoms with Gasteiger partial charge in [0.15, 0.2) is 0 Å². The van der Waals surface area contributed by atoms with Crippen LogP contribution in [0, 0.1) is 5.92 Å². The van der Waals surface area contributed by atoms with Gasteiger partial charge >= 0.3 is 0 Å². The lowest BCUT2D eigenvalue weighted by Crippen LogP contribution is -2.43. The summed E-state index contributed by atoms with van der Waals surface area (Å²) in [4.78, 5) is 4.72. The summed E-state index contributed by atoms with van der Waals surface area (Å²) in [7, 11) is 1.58. The van der Waals surface area contributed by atoms with E-state index in [0.717, 1.165) is 25.2 Å². The van der Waals surface area contributed by atoms with Gasteiger partial charge in [-0.1, -0.05) is 12.1 Å². The van der Waals surface area contributed by atoms with Gasteiger partial charge < -0.3 is 4.84 Å². The second-order valence-electron chi connectivity index (χ2n) is 2.91. The number of nitrogens with two attached hydrogens (primary N) is 1. The molecule has 1 atom stereocenters. The molecule has 0 aromatic rings. The average Bonchev–Trinajstić information content (AvgIpc) is 1.95. The summed E-state index contributed by atoms with van der Waals surface area (Å²) in [6.45, 7) is 3.87. The van der Waals surface area contributed by atoms with Crippen LogP contribution >= 0.6 is 0 Å². The first kappa shape index (κ1) is 8.49. The molecule has 0 spiro atoms. The van der Waals surface area contributed by atoms with Gasteiger partial charge in [0.05, 0.1) is 5.71 Å². The Bertz CT molecular complexity index is 158. The molecular formula is C7H15N3O. The minimum atomic E-state index is 0.425. The third-order valence-electron chi connectivity index (χ3n) is 1.94. The Hall–Kier alpha value is -0.610. The van der Waals surface area contributed by atoms with Crippen molar-refractivity contribution in [3.63, 3.8) is 0 Å². The van der Waals surface area contributed by atoms with Crippen LogP contribution in [0.5, 0.6) is 0 Å². The Morgan fingerprint density at radius 1 is 1.73 bits per heavy atom. The third-order valence-corrected chi connectivity index (χ3v) is 1.94. The minimum absolute atomic E-state index is 0.425. The molecule has 1 saturated heterocycles. The average molecular weight is 157 g/mol. The highest BCUT2D eigenvalue weighted by Crippen LogP contribution is 2.10. The molecule has 0 aliphatic carbocycles. The SMILES string of the molecule is CON=C1CCN(N)CC1C. The van der Waals surface area contributed by atoms with Crippen LogP contribution in [0.1, 0.15) is 13.3 Å². The van der Waals surface area contributed by atoms with Gasteiger partial charge in [0, 0.05) is 25.4 Å². The van der Waals surface area contributed by atoms with E-state index in [9.17, 15) is 0 Å². The van der Waals surface area contributed by atoms with Crippen molar-refractivity contribution in [1.82, 2.24) is 5.01 Å². The van der Waals surface area contributed by atoms with E-state index < -0.39 is 0 Å². The van der Waals surface area contributed by atoms with Crippen molar-refractivity contribution in [3.05, 3.63) is 0 Å². The summed E-state index contributed by atoms with van der Waals surface area (Å²) in [5, 5.41) is 5.75. The fourth-order valence-corrected chi connectivity index (χ4v) is 1.31. The Morgan fingerprint density at radius 3 is 3.00 bits per heavy atom. The van der Waals surface area contributed by atoms with E-state index in [0.29, 0.717) is 5.92 Å². The van der Waals surface area contributed by atoms with Crippen LogP contribution in [-0.2, 0) is 4.84 Å². The quantitative estimate of drug-likeness (QED) is 0.437. The normalized spacial score (nSPS) is 30.8. The lowest BCUT2D eigenvalue weighted by Gasteiger charge is -2.27. The second kappa shape index (κ2) is 3.69. The van der Waals surface area contributed by atoms with Crippen LogP contribution < -0.4 is 5.84 Å². The zero-order valence-electron chi connectivity index (χ0n) is 7.08. The summed E-state index contributed by atoms with van der Waals surface area (Å²) in [5.41, 5.74) is 1.12. The van der Waals surface area contributed by atoms with Crippen molar-refractivity contribution in [2.45, 2.75) is 13.3 Å². The van der Waals surface area contributed by atoms with Gasteiger partial charge in [-0.05, 0) is 0 Å². The second-order valence-corrected chi connectivity index (χ2v) is 2.91. The molecule has 1 unspecified atom stereocenters. The molecule has 1 heterocycles. The first-order chi connectivity index (χ1) is 5.24. The largest absolute Gasteiger partial charge is 0.399 e. The van der Waals surface area contributed by atoms with Crippen LogP contribution in [0.25, 0.3) is 0 Å². The smallest absolute Gasteiger partial charge is 0.106 e. The summed E-state index contributed by atoms with van der Waals surface area (Å²) in [6, 6.07) is 0. The summed E-state index contributed by atoms with van der Waals surface area (Å²) in [6.07, 6.45) is 0.922. The van der Waals surface area contributed by atoms with Crippen molar-refractivity contribution < 1.29 is 4.84 Å². The Labute approximate surface area is 67.0 Å². The number of nitrogens with zero attached hydrogens (tertiary/aromatic N) is 2. The van der Waals surface area contributed by atoms with Crippen LogP contribution in [0.15, 0.2) is 5.16 Å². The minimum Gasteiger partial charge on any atom is -0.399 e. The van der Waals surface area contributed by atoms with Crippen molar-refractivity contribution >= 4 is 5.71 Å². The van der Waals surface area contributed by atoms with Crippen molar-refractivity contribution in [1.29, 1.82) is 0 Å². The van der Waals surface area contributed by atoms with Crippen LogP contribution in [-0.4, -0.2) is 30.9 Å². The van der Waals surface area contributed by atoms with Crippen LogP contribution in [0.2, 0.25) is 0 Å². The lowest BCUT2D eigenvalue weighted by atomic mass is 9.99. The maximum atomic E-state index is 5.62. The zero-order chi connectivity index (χ0) is 8.27. The molecule has 0 aromatic carbocycles. The maximum absolute atomic E-state index is 5.62. The van der Waals surface area contributed by atoms with E-state index >= 15 is 0 Å². The molecule has 2 N–H and O–H groups in total. The fraction of sp³-hybridized carbons (Fsp3) is 0.857. The lowest BCUT2D eigenvalue weighted by molar-refractivity contribution is 0.198. The Balaban J connectivity index is 2.50. The standard InChI is InChI=1S/C7H15N3O/c1-6-5-10(8)4-3-7(6)9-11-2/h6H,3-5,8H2,1-2H3. The molecule has 0 amide bonds. The summed E-state index contributed by atoms with van der Waals surface area (Å²) in [5.74, 6) is 6.05. The number of rotatable bonds is 1. The van der Waals surface area contributed by atoms with E-state index in [-0.39, 0.29) is 0 Å². The molecule has 0 aromatic heterocycles. The number of hydrogen-bond acceptors (Lipinski definition) is 4. The van der Waals surface area contributed by atoms with Crippen molar-refractivity contribution in [2.75, 3.05) is 20.2 Å². The highest BCUT2D eigenvalue weighted by Gasteiger charge is 2.20. The first-order valence-electron chi connectivity index (χ1n) is 3.83. The number of hydrazine groups is 1. The first-order valence-corrected chi connectivity index (χ1v) is 3.83. The molecule has 4 nitrogen and oxygen atoms in total. The fourth-order valence-electron chi connectivity index (χ4n) is 1.31. The molecule has 0 bridgehead atoms. The topological polar surface area (TPSA) is 50.8 Å². The van der Waals surface area contributed by atoms with Crippen LogP contribution in [0.4, 0.5) is 0 Å². The van der Waals surface area contributed by atoms with E-state index in [1.807, 2.05) is 5.01 Å². The molecule has 1 aliphatic rings.